The van der Waals surface area contributed by atoms with Gasteiger partial charge < -0.3 is 25.1 Å². The van der Waals surface area contributed by atoms with E-state index >= 15 is 0 Å². The minimum atomic E-state index is -4.07. The van der Waals surface area contributed by atoms with Crippen LogP contribution >= 0.6 is 11.6 Å². The van der Waals surface area contributed by atoms with Gasteiger partial charge in [-0.15, -0.1) is 0 Å². The summed E-state index contributed by atoms with van der Waals surface area (Å²) in [5.74, 6) is -4.66. The highest BCUT2D eigenvalue weighted by molar-refractivity contribution is 7.94. The van der Waals surface area contributed by atoms with Crippen molar-refractivity contribution in [3.05, 3.63) is 22.7 Å². The molecule has 34 heavy (non-hydrogen) atoms. The Morgan fingerprint density at radius 2 is 1.91 bits per heavy atom. The third-order valence-electron chi connectivity index (χ3n) is 6.52. The minimum absolute atomic E-state index is 0.0425. The van der Waals surface area contributed by atoms with Gasteiger partial charge >= 0.3 is 5.97 Å². The molecule has 3 N–H and O–H groups in total. The van der Waals surface area contributed by atoms with Crippen molar-refractivity contribution in [2.45, 2.75) is 29.5 Å². The van der Waals surface area contributed by atoms with Gasteiger partial charge in [0.2, 0.25) is 5.91 Å². The molecule has 3 aliphatic rings. The number of phenolic OH excluding ortho intramolecular Hbond substituents is 2. The number of fused-ring (bicyclic) bond motifs is 1. The number of carbonyl (C=O) groups is 4. The molecule has 2 amide bonds. The average molecular weight is 514 g/mol. The van der Waals surface area contributed by atoms with Gasteiger partial charge in [0.15, 0.2) is 33.2 Å². The van der Waals surface area contributed by atoms with Gasteiger partial charge in [-0.05, 0) is 19.1 Å². The molecule has 3 fully saturated rings. The SMILES string of the molecule is C[C@]1(C=NCC(=O)C2CN(C(=O)c3ccc(O)c(O)c3Cl)C2)[C@H](C(=O)O)N2C(=O)C[C@H]2S1(=O)=O. The number of sulfone groups is 1. The zero-order valence-electron chi connectivity index (χ0n) is 17.7. The molecule has 3 aliphatic heterocycles. The van der Waals surface area contributed by atoms with Crippen molar-refractivity contribution in [1.82, 2.24) is 9.80 Å². The van der Waals surface area contributed by atoms with Gasteiger partial charge in [-0.25, -0.2) is 13.2 Å². The maximum atomic E-state index is 12.8. The molecule has 0 aliphatic carbocycles. The molecule has 3 saturated heterocycles. The van der Waals surface area contributed by atoms with Crippen LogP contribution in [0.25, 0.3) is 0 Å². The first-order valence-electron chi connectivity index (χ1n) is 10.1. The second-order valence-corrected chi connectivity index (χ2v) is 11.5. The van der Waals surface area contributed by atoms with Crippen molar-refractivity contribution < 1.29 is 42.9 Å². The first kappa shape index (κ1) is 24.0. The highest BCUT2D eigenvalue weighted by atomic mass is 35.5. The molecule has 14 heteroatoms. The van der Waals surface area contributed by atoms with Gasteiger partial charge in [-0.2, -0.15) is 0 Å². The summed E-state index contributed by atoms with van der Waals surface area (Å²) in [6.45, 7) is 0.830. The van der Waals surface area contributed by atoms with Crippen LogP contribution in [0, 0.1) is 5.92 Å². The largest absolute Gasteiger partial charge is 0.504 e. The molecule has 1 aromatic rings. The van der Waals surface area contributed by atoms with Gasteiger partial charge in [-0.1, -0.05) is 11.6 Å². The van der Waals surface area contributed by atoms with Gasteiger partial charge in [0.05, 0.1) is 29.5 Å². The number of halogens is 1. The first-order chi connectivity index (χ1) is 15.8. The number of carbonyl (C=O) groups excluding carboxylic acids is 3. The molecule has 0 aromatic heterocycles. The lowest BCUT2D eigenvalue weighted by Crippen LogP contribution is -2.57. The van der Waals surface area contributed by atoms with Crippen LogP contribution in [0.2, 0.25) is 5.02 Å². The molecule has 0 spiro atoms. The summed E-state index contributed by atoms with van der Waals surface area (Å²) in [4.78, 5) is 54.5. The van der Waals surface area contributed by atoms with Gasteiger partial charge in [0, 0.05) is 19.3 Å². The van der Waals surface area contributed by atoms with Crippen molar-refractivity contribution in [3.63, 3.8) is 0 Å². The molecule has 4 rings (SSSR count). The van der Waals surface area contributed by atoms with Crippen LogP contribution in [0.5, 0.6) is 11.5 Å². The number of carboxylic acid groups (broad SMARTS) is 1. The summed E-state index contributed by atoms with van der Waals surface area (Å²) in [6, 6.07) is 0.726. The van der Waals surface area contributed by atoms with Crippen LogP contribution in [0.3, 0.4) is 0 Å². The zero-order valence-corrected chi connectivity index (χ0v) is 19.3. The fourth-order valence-electron chi connectivity index (χ4n) is 4.39. The summed E-state index contributed by atoms with van der Waals surface area (Å²) in [7, 11) is -4.07. The molecular weight excluding hydrogens is 494 g/mol. The van der Waals surface area contributed by atoms with Gasteiger partial charge in [0.1, 0.15) is 10.1 Å². The van der Waals surface area contributed by atoms with E-state index in [0.29, 0.717) is 0 Å². The highest BCUT2D eigenvalue weighted by Crippen LogP contribution is 2.45. The number of β-lactam (4-membered cyclic amide) rings is 1. The standard InChI is InChI=1S/C20H20ClN3O9S/c1-20(17(19(30)31)24-13(27)4-14(24)34(20,32)33)8-22-5-12(26)9-6-23(7-9)18(29)10-2-3-11(25)16(28)15(10)21/h2-3,8-9,14,17,25,28H,4-7H2,1H3,(H,30,31)/t14-,17+,20+/m1/s1. The number of ketones is 1. The smallest absolute Gasteiger partial charge is 0.328 e. The Morgan fingerprint density at radius 3 is 2.50 bits per heavy atom. The van der Waals surface area contributed by atoms with Crippen molar-refractivity contribution in [2.24, 2.45) is 10.9 Å². The van der Waals surface area contributed by atoms with Crippen LogP contribution in [0.1, 0.15) is 23.7 Å². The molecule has 12 nitrogen and oxygen atoms in total. The van der Waals surface area contributed by atoms with E-state index < -0.39 is 67.7 Å². The molecule has 182 valence electrons. The van der Waals surface area contributed by atoms with E-state index in [0.717, 1.165) is 17.2 Å². The number of likely N-dealkylation sites (tertiary alicyclic amines) is 1. The molecule has 3 heterocycles. The minimum Gasteiger partial charge on any atom is -0.504 e. The lowest BCUT2D eigenvalue weighted by atomic mass is 9.94. The Balaban J connectivity index is 1.40. The van der Waals surface area contributed by atoms with Crippen molar-refractivity contribution >= 4 is 51.2 Å². The van der Waals surface area contributed by atoms with Crippen LogP contribution < -0.4 is 0 Å². The number of aliphatic imine (C=N–C) groups is 1. The number of carboxylic acids is 1. The van der Waals surface area contributed by atoms with Gasteiger partial charge in [0.25, 0.3) is 5.91 Å². The maximum absolute atomic E-state index is 12.8. The lowest BCUT2D eigenvalue weighted by Gasteiger charge is -2.38. The van der Waals surface area contributed by atoms with E-state index in [1.807, 2.05) is 0 Å². The Bertz CT molecular complexity index is 1260. The average Bonchev–Trinajstić information content (AvgIpc) is 2.85. The van der Waals surface area contributed by atoms with E-state index in [9.17, 15) is 42.9 Å². The Hall–Kier alpha value is -3.19. The van der Waals surface area contributed by atoms with Gasteiger partial charge in [-0.3, -0.25) is 19.4 Å². The summed E-state index contributed by atoms with van der Waals surface area (Å²) in [5.41, 5.74) is -0.0425. The molecule has 0 saturated carbocycles. The summed E-state index contributed by atoms with van der Waals surface area (Å²) in [5, 5.41) is 27.1. The van der Waals surface area contributed by atoms with Crippen molar-refractivity contribution in [3.8, 4) is 11.5 Å². The quantitative estimate of drug-likeness (QED) is 0.260. The number of rotatable bonds is 6. The number of aromatic hydroxyl groups is 2. The fourth-order valence-corrected chi connectivity index (χ4v) is 6.86. The summed E-state index contributed by atoms with van der Waals surface area (Å²) in [6.07, 6.45) is 0.633. The number of hydrogen-bond donors (Lipinski definition) is 3. The van der Waals surface area contributed by atoms with Crippen molar-refractivity contribution in [1.29, 1.82) is 0 Å². The third kappa shape index (κ3) is 3.33. The number of phenols is 2. The van der Waals surface area contributed by atoms with E-state index in [1.165, 1.54) is 17.9 Å². The van der Waals surface area contributed by atoms with Crippen molar-refractivity contribution in [2.75, 3.05) is 19.6 Å². The topological polar surface area (TPSA) is 182 Å². The molecule has 0 unspecified atom stereocenters. The van der Waals surface area contributed by atoms with Crippen LogP contribution in [-0.4, -0.2) is 99.1 Å². The van der Waals surface area contributed by atoms with E-state index in [-0.39, 0.29) is 35.9 Å². The summed E-state index contributed by atoms with van der Waals surface area (Å²) < 4.78 is 23.7. The number of hydrogen-bond acceptors (Lipinski definition) is 9. The Kier molecular flexibility index (Phi) is 5.60. The number of amides is 2. The fraction of sp³-hybridized carbons (Fsp3) is 0.450. The van der Waals surface area contributed by atoms with E-state index in [1.54, 1.807) is 0 Å². The molecule has 1 aromatic carbocycles. The zero-order chi connectivity index (χ0) is 25.2. The Labute approximate surface area is 198 Å². The molecule has 0 radical (unpaired) electrons. The Morgan fingerprint density at radius 1 is 1.26 bits per heavy atom. The molecular formula is C20H20ClN3O9S. The summed E-state index contributed by atoms with van der Waals surface area (Å²) >= 11 is 5.89. The maximum Gasteiger partial charge on any atom is 0.328 e. The lowest BCUT2D eigenvalue weighted by molar-refractivity contribution is -0.156. The van der Waals surface area contributed by atoms with Crippen LogP contribution in [0.15, 0.2) is 17.1 Å². The number of aliphatic carboxylic acids is 1. The van der Waals surface area contributed by atoms with Crippen LogP contribution in [-0.2, 0) is 24.2 Å². The number of Topliss-reactive ketones (excluding diaryl/α,β-unsaturated/α-hetero) is 1. The molecule has 3 atom stereocenters. The number of nitrogens with zero attached hydrogens (tertiary/aromatic N) is 3. The second kappa shape index (κ2) is 7.94. The predicted octanol–water partition coefficient (Wildman–Crippen LogP) is -0.338. The monoisotopic (exact) mass is 513 g/mol. The predicted molar refractivity (Wildman–Crippen MR) is 117 cm³/mol. The third-order valence-corrected chi connectivity index (χ3v) is 9.57. The van der Waals surface area contributed by atoms with E-state index in [4.69, 9.17) is 11.6 Å². The number of benzene rings is 1. The normalized spacial score (nSPS) is 27.9. The van der Waals surface area contributed by atoms with E-state index in [2.05, 4.69) is 4.99 Å². The van der Waals surface area contributed by atoms with Crippen LogP contribution in [0.4, 0.5) is 0 Å². The first-order valence-corrected chi connectivity index (χ1v) is 12.0. The molecule has 0 bridgehead atoms. The highest BCUT2D eigenvalue weighted by Gasteiger charge is 2.69. The second-order valence-electron chi connectivity index (χ2n) is 8.57.